The molecule has 5 N–H and O–H groups in total. The average Bonchev–Trinajstić information content (AvgIpc) is 3.22. The molecular formula is C23H21BrN6O2. The lowest BCUT2D eigenvalue weighted by Gasteiger charge is -2.08. The second kappa shape index (κ2) is 9.19. The molecule has 2 aromatic carbocycles. The van der Waals surface area contributed by atoms with Crippen molar-refractivity contribution in [1.29, 1.82) is 5.41 Å². The number of nitrogens with zero attached hydrogens (tertiary/aromatic N) is 2. The molecule has 0 spiro atoms. The number of carbonyl (C=O) groups is 1. The molecule has 32 heavy (non-hydrogen) atoms. The first-order chi connectivity index (χ1) is 15.4. The van der Waals surface area contributed by atoms with Gasteiger partial charge in [-0.15, -0.1) is 0 Å². The summed E-state index contributed by atoms with van der Waals surface area (Å²) in [6, 6.07) is 14.6. The fourth-order valence-electron chi connectivity index (χ4n) is 3.25. The van der Waals surface area contributed by atoms with E-state index in [-0.39, 0.29) is 11.7 Å². The van der Waals surface area contributed by atoms with Crippen LogP contribution in [0.25, 0.3) is 22.6 Å². The number of aromatic amines is 1. The number of fused-ring (bicyclic) bond motifs is 1. The highest BCUT2D eigenvalue weighted by Crippen LogP contribution is 2.25. The normalized spacial score (nSPS) is 10.8. The Morgan fingerprint density at radius 1 is 1.19 bits per heavy atom. The Morgan fingerprint density at radius 3 is 2.69 bits per heavy atom. The van der Waals surface area contributed by atoms with E-state index in [4.69, 9.17) is 15.9 Å². The Kier molecular flexibility index (Phi) is 6.18. The molecule has 0 saturated carbocycles. The number of amides is 1. The number of ether oxygens (including phenoxy) is 1. The van der Waals surface area contributed by atoms with Crippen LogP contribution in [0, 0.1) is 5.41 Å². The van der Waals surface area contributed by atoms with Crippen LogP contribution >= 0.6 is 15.9 Å². The van der Waals surface area contributed by atoms with Crippen molar-refractivity contribution in [2.75, 3.05) is 13.7 Å². The van der Waals surface area contributed by atoms with Gasteiger partial charge in [0.15, 0.2) is 5.82 Å². The molecule has 0 unspecified atom stereocenters. The molecule has 0 fully saturated rings. The SMILES string of the molecule is COc1ccc(CCNC(=O)c2ccc(-c3nc4ccc(C(=N)N)cc4[nH]3)nc2)cc1Br. The van der Waals surface area contributed by atoms with Crippen LogP contribution in [-0.2, 0) is 6.42 Å². The summed E-state index contributed by atoms with van der Waals surface area (Å²) in [5.74, 6) is 1.16. The number of hydrogen-bond donors (Lipinski definition) is 4. The number of methoxy groups -OCH3 is 1. The highest BCUT2D eigenvalue weighted by Gasteiger charge is 2.11. The average molecular weight is 493 g/mol. The second-order valence-electron chi connectivity index (χ2n) is 7.14. The molecule has 1 amide bonds. The summed E-state index contributed by atoms with van der Waals surface area (Å²) in [5.41, 5.74) is 9.85. The largest absolute Gasteiger partial charge is 0.496 e. The number of nitrogens with two attached hydrogens (primary N) is 1. The van der Waals surface area contributed by atoms with Crippen LogP contribution in [0.2, 0.25) is 0 Å². The molecule has 0 aliphatic rings. The van der Waals surface area contributed by atoms with Gasteiger partial charge >= 0.3 is 0 Å². The molecule has 0 saturated heterocycles. The summed E-state index contributed by atoms with van der Waals surface area (Å²) < 4.78 is 6.11. The van der Waals surface area contributed by atoms with Gasteiger partial charge < -0.3 is 20.8 Å². The number of nitrogens with one attached hydrogen (secondary N) is 3. The van der Waals surface area contributed by atoms with Gasteiger partial charge in [0.05, 0.1) is 28.2 Å². The van der Waals surface area contributed by atoms with Crippen LogP contribution in [0.5, 0.6) is 5.75 Å². The summed E-state index contributed by atoms with van der Waals surface area (Å²) in [4.78, 5) is 24.5. The van der Waals surface area contributed by atoms with Gasteiger partial charge in [0.1, 0.15) is 17.3 Å². The molecule has 2 aromatic heterocycles. The van der Waals surface area contributed by atoms with Crippen LogP contribution in [0.15, 0.2) is 59.2 Å². The third-order valence-corrected chi connectivity index (χ3v) is 5.60. The molecule has 4 rings (SSSR count). The van der Waals surface area contributed by atoms with Crippen LogP contribution in [-0.4, -0.2) is 40.3 Å². The van der Waals surface area contributed by atoms with Gasteiger partial charge in [0.25, 0.3) is 5.91 Å². The maximum absolute atomic E-state index is 12.5. The highest BCUT2D eigenvalue weighted by atomic mass is 79.9. The topological polar surface area (TPSA) is 130 Å². The van der Waals surface area contributed by atoms with E-state index in [1.54, 1.807) is 37.4 Å². The first-order valence-corrected chi connectivity index (χ1v) is 10.6. The van der Waals surface area contributed by atoms with E-state index in [2.05, 4.69) is 36.2 Å². The number of nitrogen functional groups attached to an aromatic ring is 1. The smallest absolute Gasteiger partial charge is 0.252 e. The van der Waals surface area contributed by atoms with E-state index < -0.39 is 0 Å². The number of aromatic nitrogens is 3. The molecule has 4 aromatic rings. The third kappa shape index (κ3) is 4.62. The standard InChI is InChI=1S/C23H21BrN6O2/c1-32-20-7-2-13(10-16(20)24)8-9-27-23(31)15-4-6-18(28-12-15)22-29-17-5-3-14(21(25)26)11-19(17)30-22/h2-7,10-12H,8-9H2,1H3,(H3,25,26)(H,27,31)(H,29,30). The predicted molar refractivity (Wildman–Crippen MR) is 127 cm³/mol. The summed E-state index contributed by atoms with van der Waals surface area (Å²) in [6.45, 7) is 0.501. The second-order valence-corrected chi connectivity index (χ2v) is 7.99. The fourth-order valence-corrected chi connectivity index (χ4v) is 3.84. The first-order valence-electron chi connectivity index (χ1n) is 9.86. The number of H-pyrrole nitrogens is 1. The van der Waals surface area contributed by atoms with Gasteiger partial charge in [-0.05, 0) is 70.4 Å². The zero-order valence-electron chi connectivity index (χ0n) is 17.3. The number of rotatable bonds is 7. The van der Waals surface area contributed by atoms with Crippen LogP contribution in [0.3, 0.4) is 0 Å². The molecule has 162 valence electrons. The minimum atomic E-state index is -0.188. The van der Waals surface area contributed by atoms with E-state index in [9.17, 15) is 4.79 Å². The molecule has 0 atom stereocenters. The molecule has 0 aliphatic heterocycles. The van der Waals surface area contributed by atoms with Crippen molar-refractivity contribution >= 4 is 38.7 Å². The number of imidazole rings is 1. The van der Waals surface area contributed by atoms with Crippen molar-refractivity contribution in [2.24, 2.45) is 5.73 Å². The maximum atomic E-state index is 12.5. The van der Waals surface area contributed by atoms with E-state index in [1.807, 2.05) is 18.2 Å². The van der Waals surface area contributed by atoms with Crippen LogP contribution < -0.4 is 15.8 Å². The number of pyridine rings is 1. The highest BCUT2D eigenvalue weighted by molar-refractivity contribution is 9.10. The molecule has 0 radical (unpaired) electrons. The summed E-state index contributed by atoms with van der Waals surface area (Å²) in [7, 11) is 1.62. The summed E-state index contributed by atoms with van der Waals surface area (Å²) in [6.07, 6.45) is 2.23. The first kappa shape index (κ1) is 21.5. The van der Waals surface area contributed by atoms with Gasteiger partial charge in [-0.1, -0.05) is 6.07 Å². The van der Waals surface area contributed by atoms with Crippen molar-refractivity contribution in [3.8, 4) is 17.3 Å². The zero-order valence-corrected chi connectivity index (χ0v) is 18.9. The van der Waals surface area contributed by atoms with Crippen molar-refractivity contribution in [3.63, 3.8) is 0 Å². The lowest BCUT2D eigenvalue weighted by molar-refractivity contribution is 0.0954. The minimum absolute atomic E-state index is 0.00355. The van der Waals surface area contributed by atoms with Crippen molar-refractivity contribution < 1.29 is 9.53 Å². The monoisotopic (exact) mass is 492 g/mol. The minimum Gasteiger partial charge on any atom is -0.496 e. The maximum Gasteiger partial charge on any atom is 0.252 e. The van der Waals surface area contributed by atoms with E-state index >= 15 is 0 Å². The Hall–Kier alpha value is -3.72. The summed E-state index contributed by atoms with van der Waals surface area (Å²) in [5, 5.41) is 10.5. The van der Waals surface area contributed by atoms with Crippen molar-refractivity contribution in [3.05, 3.63) is 75.9 Å². The zero-order chi connectivity index (χ0) is 22.7. The molecule has 0 bridgehead atoms. The lowest BCUT2D eigenvalue weighted by atomic mass is 10.1. The number of hydrogen-bond acceptors (Lipinski definition) is 5. The number of halogens is 1. The van der Waals surface area contributed by atoms with Gasteiger partial charge in [-0.3, -0.25) is 15.2 Å². The summed E-state index contributed by atoms with van der Waals surface area (Å²) >= 11 is 3.47. The van der Waals surface area contributed by atoms with Crippen molar-refractivity contribution in [2.45, 2.75) is 6.42 Å². The molecular weight excluding hydrogens is 472 g/mol. The lowest BCUT2D eigenvalue weighted by Crippen LogP contribution is -2.25. The predicted octanol–water partition coefficient (Wildman–Crippen LogP) is 3.65. The number of amidine groups is 1. The van der Waals surface area contributed by atoms with Crippen LogP contribution in [0.1, 0.15) is 21.5 Å². The Labute approximate surface area is 192 Å². The number of benzene rings is 2. The van der Waals surface area contributed by atoms with E-state index in [0.29, 0.717) is 35.6 Å². The van der Waals surface area contributed by atoms with Gasteiger partial charge in [-0.25, -0.2) is 4.98 Å². The molecule has 0 aliphatic carbocycles. The fraction of sp³-hybridized carbons (Fsp3) is 0.130. The van der Waals surface area contributed by atoms with E-state index in [1.165, 1.54) is 6.20 Å². The third-order valence-electron chi connectivity index (χ3n) is 4.98. The van der Waals surface area contributed by atoms with Crippen molar-refractivity contribution in [1.82, 2.24) is 20.3 Å². The molecule has 2 heterocycles. The van der Waals surface area contributed by atoms with Gasteiger partial charge in [-0.2, -0.15) is 0 Å². The van der Waals surface area contributed by atoms with Crippen LogP contribution in [0.4, 0.5) is 0 Å². The van der Waals surface area contributed by atoms with E-state index in [0.717, 1.165) is 26.8 Å². The molecule has 8 nitrogen and oxygen atoms in total. The molecule has 9 heteroatoms. The van der Waals surface area contributed by atoms with Gasteiger partial charge in [0, 0.05) is 18.3 Å². The Morgan fingerprint density at radius 2 is 2.00 bits per heavy atom. The number of carbonyl (C=O) groups excluding carboxylic acids is 1. The Bertz CT molecular complexity index is 1300. The van der Waals surface area contributed by atoms with Gasteiger partial charge in [0.2, 0.25) is 0 Å². The quantitative estimate of drug-likeness (QED) is 0.231. The Balaban J connectivity index is 1.39.